The first kappa shape index (κ1) is 14.2. The Labute approximate surface area is 104 Å². The van der Waals surface area contributed by atoms with Gasteiger partial charge in [0.2, 0.25) is 0 Å². The summed E-state index contributed by atoms with van der Waals surface area (Å²) < 4.78 is 26.2. The molecule has 1 aromatic carbocycles. The molecule has 18 heavy (non-hydrogen) atoms. The van der Waals surface area contributed by atoms with Crippen molar-refractivity contribution in [1.82, 2.24) is 0 Å². The SMILES string of the molecule is CCC(C)(O)/C(=C/Nc1cc(F)ccc1F)N=N. The number of anilines is 1. The fourth-order valence-corrected chi connectivity index (χ4v) is 1.24. The van der Waals surface area contributed by atoms with Crippen molar-refractivity contribution in [2.45, 2.75) is 25.9 Å². The Kier molecular flexibility index (Phi) is 4.49. The van der Waals surface area contributed by atoms with Crippen molar-refractivity contribution in [1.29, 1.82) is 5.53 Å². The fourth-order valence-electron chi connectivity index (χ4n) is 1.24. The maximum absolute atomic E-state index is 13.3. The summed E-state index contributed by atoms with van der Waals surface area (Å²) in [5.41, 5.74) is 5.63. The Bertz CT molecular complexity index is 472. The zero-order chi connectivity index (χ0) is 13.8. The molecule has 1 atom stereocenters. The summed E-state index contributed by atoms with van der Waals surface area (Å²) in [4.78, 5) is 0. The van der Waals surface area contributed by atoms with Crippen LogP contribution in [0.3, 0.4) is 0 Å². The topological polar surface area (TPSA) is 68.5 Å². The van der Waals surface area contributed by atoms with E-state index in [1.165, 1.54) is 13.1 Å². The monoisotopic (exact) mass is 255 g/mol. The maximum atomic E-state index is 13.3. The first-order chi connectivity index (χ1) is 8.40. The van der Waals surface area contributed by atoms with Gasteiger partial charge in [-0.1, -0.05) is 6.92 Å². The van der Waals surface area contributed by atoms with Gasteiger partial charge in [-0.3, -0.25) is 0 Å². The van der Waals surface area contributed by atoms with Gasteiger partial charge in [-0.25, -0.2) is 14.3 Å². The van der Waals surface area contributed by atoms with Gasteiger partial charge in [0.15, 0.2) is 0 Å². The van der Waals surface area contributed by atoms with Gasteiger partial charge in [-0.2, -0.15) is 5.11 Å². The third kappa shape index (κ3) is 3.33. The molecule has 0 spiro atoms. The number of nitrogens with one attached hydrogen (secondary N) is 2. The predicted molar refractivity (Wildman–Crippen MR) is 64.1 cm³/mol. The average Bonchev–Trinajstić information content (AvgIpc) is 2.34. The van der Waals surface area contributed by atoms with Crippen LogP contribution in [0.25, 0.3) is 0 Å². The highest BCUT2D eigenvalue weighted by Crippen LogP contribution is 2.22. The number of nitrogens with zero attached hydrogens (tertiary/aromatic N) is 1. The van der Waals surface area contributed by atoms with Crippen LogP contribution in [-0.2, 0) is 0 Å². The molecular weight excluding hydrogens is 240 g/mol. The molecule has 0 saturated carbocycles. The van der Waals surface area contributed by atoms with E-state index in [0.29, 0.717) is 6.42 Å². The molecule has 0 bridgehead atoms. The van der Waals surface area contributed by atoms with Crippen molar-refractivity contribution < 1.29 is 13.9 Å². The molecule has 0 aliphatic rings. The first-order valence-corrected chi connectivity index (χ1v) is 5.42. The van der Waals surface area contributed by atoms with E-state index >= 15 is 0 Å². The Balaban J connectivity index is 2.97. The van der Waals surface area contributed by atoms with Crippen LogP contribution in [-0.4, -0.2) is 10.7 Å². The summed E-state index contributed by atoms with van der Waals surface area (Å²) in [5, 5.41) is 15.6. The number of aliphatic hydroxyl groups is 1. The molecule has 0 heterocycles. The van der Waals surface area contributed by atoms with Crippen LogP contribution in [0.1, 0.15) is 20.3 Å². The minimum absolute atomic E-state index is 0.0358. The fraction of sp³-hybridized carbons (Fsp3) is 0.333. The normalized spacial score (nSPS) is 15.1. The van der Waals surface area contributed by atoms with Crippen molar-refractivity contribution >= 4 is 5.69 Å². The second-order valence-corrected chi connectivity index (χ2v) is 4.04. The largest absolute Gasteiger partial charge is 0.384 e. The van der Waals surface area contributed by atoms with Crippen LogP contribution in [0.5, 0.6) is 0 Å². The molecule has 0 aliphatic heterocycles. The van der Waals surface area contributed by atoms with Crippen molar-refractivity contribution in [3.05, 3.63) is 41.7 Å². The highest BCUT2D eigenvalue weighted by molar-refractivity contribution is 5.47. The molecule has 4 nitrogen and oxygen atoms in total. The quantitative estimate of drug-likeness (QED) is 0.706. The highest BCUT2D eigenvalue weighted by atomic mass is 19.1. The maximum Gasteiger partial charge on any atom is 0.146 e. The lowest BCUT2D eigenvalue weighted by Gasteiger charge is -2.20. The number of benzene rings is 1. The van der Waals surface area contributed by atoms with Crippen LogP contribution >= 0.6 is 0 Å². The summed E-state index contributed by atoms with van der Waals surface area (Å²) in [6.07, 6.45) is 1.53. The lowest BCUT2D eigenvalue weighted by molar-refractivity contribution is 0.0917. The van der Waals surface area contributed by atoms with Crippen LogP contribution in [0.15, 0.2) is 35.2 Å². The van der Waals surface area contributed by atoms with Gasteiger partial charge in [-0.15, -0.1) is 0 Å². The minimum atomic E-state index is -1.29. The van der Waals surface area contributed by atoms with E-state index in [9.17, 15) is 13.9 Å². The van der Waals surface area contributed by atoms with Crippen LogP contribution < -0.4 is 5.32 Å². The van der Waals surface area contributed by atoms with Crippen molar-refractivity contribution in [3.63, 3.8) is 0 Å². The second kappa shape index (κ2) is 5.68. The molecule has 0 fully saturated rings. The highest BCUT2D eigenvalue weighted by Gasteiger charge is 2.23. The summed E-state index contributed by atoms with van der Waals surface area (Å²) in [6.45, 7) is 3.21. The Morgan fingerprint density at radius 1 is 1.56 bits per heavy atom. The van der Waals surface area contributed by atoms with Gasteiger partial charge in [0.25, 0.3) is 0 Å². The van der Waals surface area contributed by atoms with Crippen molar-refractivity contribution in [2.75, 3.05) is 5.32 Å². The number of halogens is 2. The average molecular weight is 255 g/mol. The lowest BCUT2D eigenvalue weighted by Crippen LogP contribution is -2.25. The van der Waals surface area contributed by atoms with Crippen molar-refractivity contribution in [2.24, 2.45) is 5.11 Å². The van der Waals surface area contributed by atoms with Gasteiger partial charge in [-0.05, 0) is 25.5 Å². The Morgan fingerprint density at radius 2 is 2.22 bits per heavy atom. The van der Waals surface area contributed by atoms with Gasteiger partial charge in [0, 0.05) is 12.3 Å². The third-order valence-electron chi connectivity index (χ3n) is 2.65. The predicted octanol–water partition coefficient (Wildman–Crippen LogP) is 3.41. The summed E-state index contributed by atoms with van der Waals surface area (Å²) in [5.74, 6) is -1.22. The molecule has 0 amide bonds. The zero-order valence-corrected chi connectivity index (χ0v) is 10.2. The van der Waals surface area contributed by atoms with E-state index in [4.69, 9.17) is 5.53 Å². The minimum Gasteiger partial charge on any atom is -0.384 e. The van der Waals surface area contributed by atoms with Crippen molar-refractivity contribution in [3.8, 4) is 0 Å². The van der Waals surface area contributed by atoms with Gasteiger partial charge in [0.1, 0.15) is 22.9 Å². The standard InChI is InChI=1S/C12H15F2N3O/c1-3-12(2,18)11(17-15)7-16-10-6-8(13)4-5-9(10)14/h4-7,15-16,18H,3H2,1-2H3/b11-7-,17-15?. The number of hydrogen-bond acceptors (Lipinski definition) is 4. The van der Waals surface area contributed by atoms with Crippen LogP contribution in [0.4, 0.5) is 14.5 Å². The van der Waals surface area contributed by atoms with E-state index < -0.39 is 17.2 Å². The van der Waals surface area contributed by atoms with E-state index in [-0.39, 0.29) is 11.4 Å². The summed E-state index contributed by atoms with van der Waals surface area (Å²) in [6, 6.07) is 2.97. The van der Waals surface area contributed by atoms with Gasteiger partial charge >= 0.3 is 0 Å². The molecule has 0 radical (unpaired) electrons. The smallest absolute Gasteiger partial charge is 0.146 e. The van der Waals surface area contributed by atoms with E-state index in [0.717, 1.165) is 18.2 Å². The van der Waals surface area contributed by atoms with E-state index in [1.807, 2.05) is 0 Å². The molecule has 3 N–H and O–H groups in total. The molecule has 1 rings (SSSR count). The van der Waals surface area contributed by atoms with E-state index in [2.05, 4.69) is 10.4 Å². The molecule has 0 saturated heterocycles. The second-order valence-electron chi connectivity index (χ2n) is 4.04. The molecule has 1 aromatic rings. The molecule has 0 aliphatic carbocycles. The molecule has 98 valence electrons. The van der Waals surface area contributed by atoms with Crippen LogP contribution in [0.2, 0.25) is 0 Å². The van der Waals surface area contributed by atoms with Gasteiger partial charge < -0.3 is 10.4 Å². The first-order valence-electron chi connectivity index (χ1n) is 5.42. The van der Waals surface area contributed by atoms with Crippen LogP contribution in [0, 0.1) is 17.2 Å². The van der Waals surface area contributed by atoms with E-state index in [1.54, 1.807) is 6.92 Å². The third-order valence-corrected chi connectivity index (χ3v) is 2.65. The zero-order valence-electron chi connectivity index (χ0n) is 10.2. The Hall–Kier alpha value is -1.82. The molecule has 6 heteroatoms. The summed E-state index contributed by atoms with van der Waals surface area (Å²) in [7, 11) is 0. The van der Waals surface area contributed by atoms with Gasteiger partial charge in [0.05, 0.1) is 5.69 Å². The molecular formula is C12H15F2N3O. The molecule has 1 unspecified atom stereocenters. The summed E-state index contributed by atoms with van der Waals surface area (Å²) >= 11 is 0. The lowest BCUT2D eigenvalue weighted by atomic mass is 10.0. The number of rotatable bonds is 5. The Morgan fingerprint density at radius 3 is 2.78 bits per heavy atom. The number of hydrogen-bond donors (Lipinski definition) is 3. The molecule has 0 aromatic heterocycles.